The summed E-state index contributed by atoms with van der Waals surface area (Å²) in [7, 11) is 0. The molecule has 2 aromatic carbocycles. The van der Waals surface area contributed by atoms with Crippen molar-refractivity contribution in [3.8, 4) is 0 Å². The average Bonchev–Trinajstić information content (AvgIpc) is 2.96. The van der Waals surface area contributed by atoms with Gasteiger partial charge in [-0.2, -0.15) is 0 Å². The van der Waals surface area contributed by atoms with Crippen LogP contribution in [0.15, 0.2) is 42.5 Å². The fourth-order valence-electron chi connectivity index (χ4n) is 3.46. The highest BCUT2D eigenvalue weighted by Crippen LogP contribution is 2.27. The van der Waals surface area contributed by atoms with Gasteiger partial charge in [-0.25, -0.2) is 0 Å². The van der Waals surface area contributed by atoms with Crippen LogP contribution in [0, 0.1) is 19.8 Å². The van der Waals surface area contributed by atoms with Crippen LogP contribution in [0.2, 0.25) is 0 Å². The van der Waals surface area contributed by atoms with Gasteiger partial charge in [-0.15, -0.1) is 0 Å². The molecule has 1 atom stereocenters. The van der Waals surface area contributed by atoms with E-state index in [1.54, 1.807) is 4.90 Å². The van der Waals surface area contributed by atoms with Crippen LogP contribution in [0.5, 0.6) is 0 Å². The molecule has 2 amide bonds. The van der Waals surface area contributed by atoms with Gasteiger partial charge >= 0.3 is 0 Å². The van der Waals surface area contributed by atoms with E-state index in [2.05, 4.69) is 37.4 Å². The van der Waals surface area contributed by atoms with Crippen LogP contribution in [0.3, 0.4) is 0 Å². The molecule has 1 N–H and O–H groups in total. The molecule has 26 heavy (non-hydrogen) atoms. The van der Waals surface area contributed by atoms with E-state index < -0.39 is 0 Å². The Morgan fingerprint density at radius 1 is 1.08 bits per heavy atom. The van der Waals surface area contributed by atoms with Crippen molar-refractivity contribution < 1.29 is 9.59 Å². The fourth-order valence-corrected chi connectivity index (χ4v) is 3.46. The number of hydrogen-bond acceptors (Lipinski definition) is 2. The van der Waals surface area contributed by atoms with E-state index in [-0.39, 0.29) is 24.2 Å². The topological polar surface area (TPSA) is 49.4 Å². The monoisotopic (exact) mass is 350 g/mol. The molecule has 1 heterocycles. The number of carbonyl (C=O) groups is 2. The molecule has 0 aromatic heterocycles. The quantitative estimate of drug-likeness (QED) is 0.887. The predicted octanol–water partition coefficient (Wildman–Crippen LogP) is 4.42. The normalized spacial score (nSPS) is 17.0. The van der Waals surface area contributed by atoms with Gasteiger partial charge in [-0.1, -0.05) is 32.0 Å². The summed E-state index contributed by atoms with van der Waals surface area (Å²) in [6.07, 6.45) is 0.253. The Hall–Kier alpha value is -2.62. The number of nitrogens with zero attached hydrogens (tertiary/aromatic N) is 1. The minimum absolute atomic E-state index is 0.00266. The number of aryl methyl sites for hydroxylation is 2. The zero-order valence-corrected chi connectivity index (χ0v) is 15.9. The molecule has 4 nitrogen and oxygen atoms in total. The van der Waals surface area contributed by atoms with E-state index in [4.69, 9.17) is 0 Å². The van der Waals surface area contributed by atoms with E-state index in [9.17, 15) is 9.59 Å². The summed E-state index contributed by atoms with van der Waals surface area (Å²) >= 11 is 0. The second-order valence-corrected chi connectivity index (χ2v) is 7.52. The van der Waals surface area contributed by atoms with Crippen molar-refractivity contribution in [1.29, 1.82) is 0 Å². The highest BCUT2D eigenvalue weighted by molar-refractivity contribution is 6.03. The zero-order chi connectivity index (χ0) is 18.8. The Kier molecular flexibility index (Phi) is 5.12. The van der Waals surface area contributed by atoms with Gasteiger partial charge in [0.05, 0.1) is 5.92 Å². The molecular weight excluding hydrogens is 324 g/mol. The largest absolute Gasteiger partial charge is 0.326 e. The third-order valence-corrected chi connectivity index (χ3v) is 4.86. The summed E-state index contributed by atoms with van der Waals surface area (Å²) in [5, 5.41) is 2.96. The second-order valence-electron chi connectivity index (χ2n) is 7.52. The van der Waals surface area contributed by atoms with E-state index in [0.717, 1.165) is 22.5 Å². The summed E-state index contributed by atoms with van der Waals surface area (Å²) in [4.78, 5) is 26.7. The van der Waals surface area contributed by atoms with Crippen molar-refractivity contribution >= 4 is 23.2 Å². The molecule has 1 aliphatic rings. The first-order valence-corrected chi connectivity index (χ1v) is 9.13. The average molecular weight is 350 g/mol. The number of rotatable bonds is 4. The predicted molar refractivity (Wildman–Crippen MR) is 106 cm³/mol. The third kappa shape index (κ3) is 3.96. The zero-order valence-electron chi connectivity index (χ0n) is 15.9. The van der Waals surface area contributed by atoms with Crippen molar-refractivity contribution in [1.82, 2.24) is 0 Å². The van der Waals surface area contributed by atoms with Crippen LogP contribution >= 0.6 is 0 Å². The van der Waals surface area contributed by atoms with Gasteiger partial charge in [0.25, 0.3) is 0 Å². The second kappa shape index (κ2) is 7.32. The van der Waals surface area contributed by atoms with E-state index in [1.165, 1.54) is 5.56 Å². The minimum Gasteiger partial charge on any atom is -0.326 e. The van der Waals surface area contributed by atoms with Gasteiger partial charge in [0, 0.05) is 24.3 Å². The molecular formula is C22H26N2O2. The van der Waals surface area contributed by atoms with Gasteiger partial charge in [0.1, 0.15) is 0 Å². The summed E-state index contributed by atoms with van der Waals surface area (Å²) in [6, 6.07) is 14.0. The Balaban J connectivity index is 1.69. The number of carbonyl (C=O) groups excluding carboxylic acids is 2. The first-order chi connectivity index (χ1) is 12.3. The molecule has 0 spiro atoms. The summed E-state index contributed by atoms with van der Waals surface area (Å²) < 4.78 is 0. The number of anilines is 2. The van der Waals surface area contributed by atoms with Crippen molar-refractivity contribution in [2.45, 2.75) is 40.0 Å². The Labute approximate surface area is 155 Å². The van der Waals surface area contributed by atoms with Crippen molar-refractivity contribution in [2.75, 3.05) is 16.8 Å². The summed E-state index contributed by atoms with van der Waals surface area (Å²) in [6.45, 7) is 8.72. The molecule has 2 aromatic rings. The van der Waals surface area contributed by atoms with Crippen molar-refractivity contribution in [3.05, 3.63) is 59.2 Å². The van der Waals surface area contributed by atoms with E-state index in [0.29, 0.717) is 12.5 Å². The molecule has 0 unspecified atom stereocenters. The molecule has 1 saturated heterocycles. The van der Waals surface area contributed by atoms with Gasteiger partial charge in [-0.3, -0.25) is 9.59 Å². The lowest BCUT2D eigenvalue weighted by Crippen LogP contribution is -2.28. The van der Waals surface area contributed by atoms with Gasteiger partial charge in [0.2, 0.25) is 11.8 Å². The van der Waals surface area contributed by atoms with E-state index in [1.807, 2.05) is 38.1 Å². The lowest BCUT2D eigenvalue weighted by molar-refractivity contribution is -0.122. The van der Waals surface area contributed by atoms with Gasteiger partial charge < -0.3 is 10.2 Å². The smallest absolute Gasteiger partial charge is 0.229 e. The highest BCUT2D eigenvalue weighted by atomic mass is 16.2. The number of benzene rings is 2. The Bertz CT molecular complexity index is 804. The first-order valence-electron chi connectivity index (χ1n) is 9.13. The standard InChI is InChI=1S/C22H26N2O2/c1-14(2)17-5-7-20(8-6-17)24-13-18(12-21(24)25)22(26)23-19-10-15(3)9-16(4)11-19/h5-11,14,18H,12-13H2,1-4H3,(H,23,26)/t18-/m1/s1. The fraction of sp³-hybridized carbons (Fsp3) is 0.364. The molecule has 0 saturated carbocycles. The number of nitrogens with one attached hydrogen (secondary N) is 1. The van der Waals surface area contributed by atoms with Crippen molar-refractivity contribution in [2.24, 2.45) is 5.92 Å². The number of amides is 2. The van der Waals surface area contributed by atoms with Crippen LogP contribution in [0.4, 0.5) is 11.4 Å². The maximum atomic E-state index is 12.6. The van der Waals surface area contributed by atoms with Crippen LogP contribution in [-0.4, -0.2) is 18.4 Å². The molecule has 1 fully saturated rings. The molecule has 1 aliphatic heterocycles. The molecule has 0 radical (unpaired) electrons. The first kappa shape index (κ1) is 18.2. The third-order valence-electron chi connectivity index (χ3n) is 4.86. The van der Waals surface area contributed by atoms with Crippen LogP contribution in [0.25, 0.3) is 0 Å². The molecule has 3 rings (SSSR count). The molecule has 0 aliphatic carbocycles. The van der Waals surface area contributed by atoms with Crippen LogP contribution < -0.4 is 10.2 Å². The Morgan fingerprint density at radius 3 is 2.27 bits per heavy atom. The Morgan fingerprint density at radius 2 is 1.69 bits per heavy atom. The molecule has 136 valence electrons. The van der Waals surface area contributed by atoms with E-state index >= 15 is 0 Å². The van der Waals surface area contributed by atoms with Gasteiger partial charge in [-0.05, 0) is 60.7 Å². The summed E-state index contributed by atoms with van der Waals surface area (Å²) in [5.41, 5.74) is 5.11. The molecule has 0 bridgehead atoms. The lowest BCUT2D eigenvalue weighted by atomic mass is 10.0. The number of hydrogen-bond donors (Lipinski definition) is 1. The minimum atomic E-state index is -0.326. The van der Waals surface area contributed by atoms with Crippen LogP contribution in [-0.2, 0) is 9.59 Å². The molecule has 4 heteroatoms. The maximum Gasteiger partial charge on any atom is 0.229 e. The van der Waals surface area contributed by atoms with Crippen LogP contribution in [0.1, 0.15) is 42.9 Å². The highest BCUT2D eigenvalue weighted by Gasteiger charge is 2.35. The van der Waals surface area contributed by atoms with Crippen molar-refractivity contribution in [3.63, 3.8) is 0 Å². The summed E-state index contributed by atoms with van der Waals surface area (Å²) in [5.74, 6) is 0.0373. The lowest BCUT2D eigenvalue weighted by Gasteiger charge is -2.18. The van der Waals surface area contributed by atoms with Gasteiger partial charge in [0.15, 0.2) is 0 Å². The maximum absolute atomic E-state index is 12.6. The SMILES string of the molecule is Cc1cc(C)cc(NC(=O)[C@@H]2CC(=O)N(c3ccc(C(C)C)cc3)C2)c1.